The van der Waals surface area contributed by atoms with E-state index in [0.717, 1.165) is 43.3 Å². The summed E-state index contributed by atoms with van der Waals surface area (Å²) in [6.45, 7) is 6.07. The fourth-order valence-corrected chi connectivity index (χ4v) is 4.26. The second-order valence-corrected chi connectivity index (χ2v) is 7.53. The molecular weight excluding hydrogens is 411 g/mol. The lowest BCUT2D eigenvalue weighted by Gasteiger charge is -2.35. The van der Waals surface area contributed by atoms with Crippen LogP contribution in [0.2, 0.25) is 0 Å². The summed E-state index contributed by atoms with van der Waals surface area (Å²) in [5, 5.41) is 6.81. The van der Waals surface area contributed by atoms with E-state index in [1.165, 1.54) is 16.7 Å². The molecule has 4 nitrogen and oxygen atoms in total. The van der Waals surface area contributed by atoms with Crippen molar-refractivity contribution in [1.29, 1.82) is 0 Å². The van der Waals surface area contributed by atoms with Crippen LogP contribution < -0.4 is 5.32 Å². The van der Waals surface area contributed by atoms with E-state index in [1.807, 2.05) is 18.5 Å². The van der Waals surface area contributed by atoms with Crippen LogP contribution in [0.1, 0.15) is 29.8 Å². The maximum Gasteiger partial charge on any atom is 0.123 e. The van der Waals surface area contributed by atoms with Crippen LogP contribution in [0, 0.1) is 0 Å². The summed E-state index contributed by atoms with van der Waals surface area (Å²) < 4.78 is 0. The van der Waals surface area contributed by atoms with Crippen LogP contribution in [0.15, 0.2) is 54.2 Å². The topological polar surface area (TPSA) is 41.1 Å². The highest BCUT2D eigenvalue weighted by Gasteiger charge is 2.24. The van der Waals surface area contributed by atoms with Crippen LogP contribution in [0.3, 0.4) is 0 Å². The molecule has 1 unspecified atom stereocenters. The number of halogens is 2. The lowest BCUT2D eigenvalue weighted by molar-refractivity contribution is 0.152. The van der Waals surface area contributed by atoms with Gasteiger partial charge in [0.2, 0.25) is 0 Å². The van der Waals surface area contributed by atoms with Gasteiger partial charge in [-0.25, -0.2) is 4.98 Å². The minimum Gasteiger partial charge on any atom is -0.314 e. The third kappa shape index (κ3) is 5.31. The number of rotatable bonds is 5. The Morgan fingerprint density at radius 3 is 2.71 bits per heavy atom. The molecule has 1 aromatic carbocycles. The Morgan fingerprint density at radius 1 is 1.18 bits per heavy atom. The molecule has 150 valence electrons. The van der Waals surface area contributed by atoms with Crippen LogP contribution in [0.25, 0.3) is 10.6 Å². The van der Waals surface area contributed by atoms with Gasteiger partial charge in [0.15, 0.2) is 0 Å². The molecule has 0 radical (unpaired) electrons. The van der Waals surface area contributed by atoms with Gasteiger partial charge in [0.25, 0.3) is 0 Å². The van der Waals surface area contributed by atoms with Crippen LogP contribution in [0.5, 0.6) is 0 Å². The Balaban J connectivity index is 0.00000140. The number of pyridine rings is 1. The van der Waals surface area contributed by atoms with Gasteiger partial charge in [-0.3, -0.25) is 9.88 Å². The summed E-state index contributed by atoms with van der Waals surface area (Å²) in [4.78, 5) is 11.7. The van der Waals surface area contributed by atoms with Gasteiger partial charge in [0, 0.05) is 55.6 Å². The number of nitrogens with one attached hydrogen (secondary N) is 1. The highest BCUT2D eigenvalue weighted by atomic mass is 35.5. The van der Waals surface area contributed by atoms with Crippen LogP contribution in [-0.2, 0) is 13.0 Å². The van der Waals surface area contributed by atoms with Crippen LogP contribution >= 0.6 is 36.2 Å². The molecule has 3 aromatic rings. The van der Waals surface area contributed by atoms with Gasteiger partial charge >= 0.3 is 0 Å². The molecule has 7 heteroatoms. The van der Waals surface area contributed by atoms with Crippen molar-refractivity contribution in [2.24, 2.45) is 0 Å². The first-order valence-corrected chi connectivity index (χ1v) is 10.1. The van der Waals surface area contributed by atoms with Crippen LogP contribution in [-0.4, -0.2) is 34.5 Å². The zero-order valence-corrected chi connectivity index (χ0v) is 18.3. The zero-order chi connectivity index (χ0) is 17.8. The Labute approximate surface area is 183 Å². The normalized spacial score (nSPS) is 16.8. The minimum absolute atomic E-state index is 0. The fraction of sp³-hybridized carbons (Fsp3) is 0.333. The quantitative estimate of drug-likeness (QED) is 0.625. The summed E-state index contributed by atoms with van der Waals surface area (Å²) >= 11 is 1.74. The summed E-state index contributed by atoms with van der Waals surface area (Å²) in [6.07, 6.45) is 4.88. The molecule has 4 rings (SSSR count). The second kappa shape index (κ2) is 10.9. The molecule has 0 spiro atoms. The first kappa shape index (κ1) is 22.8. The van der Waals surface area contributed by atoms with Gasteiger partial charge in [-0.05, 0) is 23.6 Å². The molecule has 1 saturated heterocycles. The van der Waals surface area contributed by atoms with Crippen molar-refractivity contribution in [3.05, 3.63) is 71.0 Å². The molecule has 1 atom stereocenters. The summed E-state index contributed by atoms with van der Waals surface area (Å²) in [6, 6.07) is 13.3. The molecule has 1 aliphatic heterocycles. The average molecular weight is 437 g/mol. The minimum atomic E-state index is 0. The van der Waals surface area contributed by atoms with Crippen molar-refractivity contribution < 1.29 is 0 Å². The average Bonchev–Trinajstić information content (AvgIpc) is 3.18. The number of aryl methyl sites for hydroxylation is 1. The molecule has 0 saturated carbocycles. The molecule has 1 aliphatic rings. The number of hydrogen-bond donors (Lipinski definition) is 1. The Morgan fingerprint density at radius 2 is 2.00 bits per heavy atom. The van der Waals surface area contributed by atoms with E-state index < -0.39 is 0 Å². The first-order chi connectivity index (χ1) is 12.8. The number of benzene rings is 1. The molecule has 0 bridgehead atoms. The highest BCUT2D eigenvalue weighted by molar-refractivity contribution is 7.13. The van der Waals surface area contributed by atoms with E-state index in [2.05, 4.69) is 57.8 Å². The van der Waals surface area contributed by atoms with Gasteiger partial charge in [-0.2, -0.15) is 0 Å². The largest absolute Gasteiger partial charge is 0.314 e. The summed E-state index contributed by atoms with van der Waals surface area (Å²) in [7, 11) is 0. The van der Waals surface area contributed by atoms with E-state index in [0.29, 0.717) is 6.04 Å². The fourth-order valence-electron chi connectivity index (χ4n) is 3.44. The number of piperazine rings is 1. The Kier molecular flexibility index (Phi) is 8.86. The zero-order valence-electron chi connectivity index (χ0n) is 15.9. The van der Waals surface area contributed by atoms with Crippen molar-refractivity contribution in [3.63, 3.8) is 0 Å². The predicted molar refractivity (Wildman–Crippen MR) is 122 cm³/mol. The second-order valence-electron chi connectivity index (χ2n) is 6.67. The molecular formula is C21H26Cl2N4S. The lowest BCUT2D eigenvalue weighted by atomic mass is 10.1. The van der Waals surface area contributed by atoms with Crippen molar-refractivity contribution in [1.82, 2.24) is 20.2 Å². The molecule has 3 heterocycles. The molecule has 2 aromatic heterocycles. The Hall–Kier alpha value is -1.50. The number of nitrogens with zero attached hydrogens (tertiary/aromatic N) is 3. The molecule has 0 amide bonds. The van der Waals surface area contributed by atoms with Gasteiger partial charge in [0.1, 0.15) is 5.01 Å². The molecule has 1 fully saturated rings. The third-order valence-electron chi connectivity index (χ3n) is 4.95. The molecule has 0 aliphatic carbocycles. The van der Waals surface area contributed by atoms with Crippen molar-refractivity contribution in [3.8, 4) is 10.6 Å². The van der Waals surface area contributed by atoms with Gasteiger partial charge in [-0.15, -0.1) is 36.2 Å². The maximum absolute atomic E-state index is 4.90. The maximum atomic E-state index is 4.90. The monoisotopic (exact) mass is 436 g/mol. The summed E-state index contributed by atoms with van der Waals surface area (Å²) in [5.41, 5.74) is 5.00. The van der Waals surface area contributed by atoms with E-state index in [1.54, 1.807) is 11.3 Å². The predicted octanol–water partition coefficient (Wildman–Crippen LogP) is 4.76. The third-order valence-corrected chi connectivity index (χ3v) is 5.89. The molecule has 1 N–H and O–H groups in total. The van der Waals surface area contributed by atoms with Gasteiger partial charge < -0.3 is 5.32 Å². The van der Waals surface area contributed by atoms with E-state index in [9.17, 15) is 0 Å². The van der Waals surface area contributed by atoms with E-state index >= 15 is 0 Å². The summed E-state index contributed by atoms with van der Waals surface area (Å²) in [5.74, 6) is 0. The van der Waals surface area contributed by atoms with Crippen LogP contribution in [0.4, 0.5) is 0 Å². The standard InChI is InChI=1S/C21H24N4S.2ClH/c1-2-16-5-7-17(8-6-16)21-24-19(15-26-21)14-25-11-10-23-13-20(25)18-4-3-9-22-12-18;;/h3-9,12,15,20,23H,2,10-11,13-14H2,1H3;2*1H. The van der Waals surface area contributed by atoms with E-state index in [4.69, 9.17) is 4.98 Å². The lowest BCUT2D eigenvalue weighted by Crippen LogP contribution is -2.45. The van der Waals surface area contributed by atoms with Gasteiger partial charge in [-0.1, -0.05) is 37.3 Å². The Bertz CT molecular complexity index is 839. The number of hydrogen-bond acceptors (Lipinski definition) is 5. The van der Waals surface area contributed by atoms with Crippen molar-refractivity contribution in [2.75, 3.05) is 19.6 Å². The van der Waals surface area contributed by atoms with Crippen molar-refractivity contribution >= 4 is 36.2 Å². The number of thiazole rings is 1. The smallest absolute Gasteiger partial charge is 0.123 e. The van der Waals surface area contributed by atoms with Crippen molar-refractivity contribution in [2.45, 2.75) is 25.9 Å². The SMILES string of the molecule is CCc1ccc(-c2nc(CN3CCNCC3c3cccnc3)cs2)cc1.Cl.Cl. The number of aromatic nitrogens is 2. The first-order valence-electron chi connectivity index (χ1n) is 9.22. The van der Waals surface area contributed by atoms with E-state index in [-0.39, 0.29) is 24.8 Å². The highest BCUT2D eigenvalue weighted by Crippen LogP contribution is 2.27. The molecule has 28 heavy (non-hydrogen) atoms. The van der Waals surface area contributed by atoms with Gasteiger partial charge in [0.05, 0.1) is 5.69 Å².